The topological polar surface area (TPSA) is 86.9 Å². The summed E-state index contributed by atoms with van der Waals surface area (Å²) in [5, 5.41) is 10.1. The van der Waals surface area contributed by atoms with Gasteiger partial charge in [-0.3, -0.25) is 5.10 Å². The molecule has 0 amide bonds. The monoisotopic (exact) mass is 286 g/mol. The third-order valence-corrected chi connectivity index (χ3v) is 5.13. The molecule has 6 nitrogen and oxygen atoms in total. The van der Waals surface area contributed by atoms with Gasteiger partial charge in [0.05, 0.1) is 11.4 Å². The van der Waals surface area contributed by atoms with Crippen LogP contribution in [0.5, 0.6) is 0 Å². The van der Waals surface area contributed by atoms with Gasteiger partial charge in [-0.15, -0.1) is 0 Å². The molecule has 0 spiro atoms. The van der Waals surface area contributed by atoms with Gasteiger partial charge in [-0.05, 0) is 26.7 Å². The first-order valence-corrected chi connectivity index (χ1v) is 8.03. The maximum Gasteiger partial charge on any atom is 0.244 e. The third kappa shape index (κ3) is 3.34. The van der Waals surface area contributed by atoms with Crippen molar-refractivity contribution in [3.05, 3.63) is 11.4 Å². The van der Waals surface area contributed by atoms with Crippen LogP contribution in [0.4, 0.5) is 0 Å². The standard InChI is InChI=1S/C12H22N4O2S/c1-8(2)13-7-10-11(9(3)14-15-10)19(17,18)16-12(4)5-6-12/h8,13,16H,5-7H2,1-4H3,(H,14,15). The fourth-order valence-electron chi connectivity index (χ4n) is 1.91. The van der Waals surface area contributed by atoms with Crippen molar-refractivity contribution in [1.82, 2.24) is 20.2 Å². The number of aromatic amines is 1. The molecule has 1 heterocycles. The zero-order valence-electron chi connectivity index (χ0n) is 11.9. The van der Waals surface area contributed by atoms with E-state index >= 15 is 0 Å². The molecule has 0 saturated heterocycles. The molecule has 1 aromatic rings. The van der Waals surface area contributed by atoms with E-state index < -0.39 is 10.0 Å². The molecule has 0 aromatic carbocycles. The Morgan fingerprint density at radius 1 is 1.42 bits per heavy atom. The lowest BCUT2D eigenvalue weighted by Gasteiger charge is -2.13. The lowest BCUT2D eigenvalue weighted by atomic mass is 10.3. The summed E-state index contributed by atoms with van der Waals surface area (Å²) in [5.74, 6) is 0. The van der Waals surface area contributed by atoms with E-state index in [0.717, 1.165) is 12.8 Å². The molecule has 0 radical (unpaired) electrons. The van der Waals surface area contributed by atoms with Crippen molar-refractivity contribution in [3.8, 4) is 0 Å². The number of aryl methyl sites for hydroxylation is 1. The Kier molecular flexibility index (Phi) is 3.72. The van der Waals surface area contributed by atoms with Crippen molar-refractivity contribution < 1.29 is 8.42 Å². The second kappa shape index (κ2) is 4.88. The van der Waals surface area contributed by atoms with Gasteiger partial charge in [0.25, 0.3) is 0 Å². The molecule has 1 aromatic heterocycles. The molecule has 0 unspecified atom stereocenters. The number of H-pyrrole nitrogens is 1. The lowest BCUT2D eigenvalue weighted by Crippen LogP contribution is -2.35. The smallest absolute Gasteiger partial charge is 0.244 e. The van der Waals surface area contributed by atoms with Crippen LogP contribution in [-0.2, 0) is 16.6 Å². The number of sulfonamides is 1. The van der Waals surface area contributed by atoms with E-state index in [9.17, 15) is 8.42 Å². The van der Waals surface area contributed by atoms with E-state index in [1.165, 1.54) is 0 Å². The van der Waals surface area contributed by atoms with Gasteiger partial charge in [0.1, 0.15) is 4.90 Å². The summed E-state index contributed by atoms with van der Waals surface area (Å²) in [6, 6.07) is 0.279. The Morgan fingerprint density at radius 3 is 2.58 bits per heavy atom. The van der Waals surface area contributed by atoms with Gasteiger partial charge in [-0.1, -0.05) is 13.8 Å². The molecule has 1 aliphatic rings. The second-order valence-electron chi connectivity index (χ2n) is 5.83. The summed E-state index contributed by atoms with van der Waals surface area (Å²) in [6.07, 6.45) is 1.78. The minimum Gasteiger partial charge on any atom is -0.309 e. The molecule has 3 N–H and O–H groups in total. The molecule has 7 heteroatoms. The highest BCUT2D eigenvalue weighted by molar-refractivity contribution is 7.89. The molecule has 1 saturated carbocycles. The Balaban J connectivity index is 2.25. The predicted octanol–water partition coefficient (Wildman–Crippen LogP) is 1.05. The van der Waals surface area contributed by atoms with Crippen LogP contribution >= 0.6 is 0 Å². The second-order valence-corrected chi connectivity index (χ2v) is 7.45. The summed E-state index contributed by atoms with van der Waals surface area (Å²) < 4.78 is 27.6. The molecule has 0 atom stereocenters. The average Bonchev–Trinajstić information content (AvgIpc) is 2.85. The fourth-order valence-corrected chi connectivity index (χ4v) is 3.74. The number of nitrogens with one attached hydrogen (secondary N) is 3. The molecule has 19 heavy (non-hydrogen) atoms. The maximum absolute atomic E-state index is 12.4. The van der Waals surface area contributed by atoms with Gasteiger partial charge in [-0.2, -0.15) is 5.10 Å². The zero-order valence-corrected chi connectivity index (χ0v) is 12.7. The predicted molar refractivity (Wildman–Crippen MR) is 73.3 cm³/mol. The Bertz CT molecular complexity index is 558. The van der Waals surface area contributed by atoms with E-state index in [1.54, 1.807) is 6.92 Å². The molecular formula is C12H22N4O2S. The molecule has 1 fully saturated rings. The van der Waals surface area contributed by atoms with Gasteiger partial charge in [-0.25, -0.2) is 13.1 Å². The van der Waals surface area contributed by atoms with Gasteiger partial charge in [0.15, 0.2) is 0 Å². The Labute approximate surface area is 114 Å². The summed E-state index contributed by atoms with van der Waals surface area (Å²) in [4.78, 5) is 0.286. The minimum absolute atomic E-state index is 0.273. The first-order valence-electron chi connectivity index (χ1n) is 6.55. The first-order chi connectivity index (χ1) is 8.73. The van der Waals surface area contributed by atoms with Gasteiger partial charge < -0.3 is 5.32 Å². The van der Waals surface area contributed by atoms with Crippen LogP contribution in [0.15, 0.2) is 4.90 Å². The summed E-state index contributed by atoms with van der Waals surface area (Å²) >= 11 is 0. The molecule has 1 aliphatic carbocycles. The SMILES string of the molecule is Cc1[nH]nc(CNC(C)C)c1S(=O)(=O)NC1(C)CC1. The van der Waals surface area contributed by atoms with Gasteiger partial charge in [0, 0.05) is 18.1 Å². The number of rotatable bonds is 6. The van der Waals surface area contributed by atoms with Crippen molar-refractivity contribution in [1.29, 1.82) is 0 Å². The van der Waals surface area contributed by atoms with Crippen LogP contribution in [-0.4, -0.2) is 30.2 Å². The van der Waals surface area contributed by atoms with E-state index in [0.29, 0.717) is 17.9 Å². The van der Waals surface area contributed by atoms with E-state index in [4.69, 9.17) is 0 Å². The molecule has 2 rings (SSSR count). The van der Waals surface area contributed by atoms with E-state index in [2.05, 4.69) is 20.2 Å². The molecule has 108 valence electrons. The maximum atomic E-state index is 12.4. The van der Waals surface area contributed by atoms with Crippen LogP contribution in [0.1, 0.15) is 45.0 Å². The highest BCUT2D eigenvalue weighted by Crippen LogP contribution is 2.36. The first kappa shape index (κ1) is 14.5. The Morgan fingerprint density at radius 2 is 2.05 bits per heavy atom. The van der Waals surface area contributed by atoms with Crippen molar-refractivity contribution in [2.45, 2.75) is 63.6 Å². The normalized spacial score (nSPS) is 17.9. The van der Waals surface area contributed by atoms with E-state index in [-0.39, 0.29) is 16.5 Å². The molecule has 0 bridgehead atoms. The third-order valence-electron chi connectivity index (χ3n) is 3.29. The summed E-state index contributed by atoms with van der Waals surface area (Å²) in [7, 11) is -3.51. The number of hydrogen-bond acceptors (Lipinski definition) is 4. The number of nitrogens with zero attached hydrogens (tertiary/aromatic N) is 1. The van der Waals surface area contributed by atoms with Crippen molar-refractivity contribution in [3.63, 3.8) is 0 Å². The fraction of sp³-hybridized carbons (Fsp3) is 0.750. The van der Waals surface area contributed by atoms with Crippen LogP contribution in [0.2, 0.25) is 0 Å². The summed E-state index contributed by atoms with van der Waals surface area (Å²) in [6.45, 7) is 8.12. The largest absolute Gasteiger partial charge is 0.309 e. The van der Waals surface area contributed by atoms with Crippen molar-refractivity contribution in [2.75, 3.05) is 0 Å². The van der Waals surface area contributed by atoms with Gasteiger partial charge >= 0.3 is 0 Å². The minimum atomic E-state index is -3.51. The van der Waals surface area contributed by atoms with Crippen LogP contribution < -0.4 is 10.0 Å². The van der Waals surface area contributed by atoms with Crippen molar-refractivity contribution >= 4 is 10.0 Å². The quantitative estimate of drug-likeness (QED) is 0.729. The van der Waals surface area contributed by atoms with Crippen molar-refractivity contribution in [2.24, 2.45) is 0 Å². The average molecular weight is 286 g/mol. The molecule has 0 aliphatic heterocycles. The zero-order chi connectivity index (χ0) is 14.3. The van der Waals surface area contributed by atoms with Gasteiger partial charge in [0.2, 0.25) is 10.0 Å². The highest BCUT2D eigenvalue weighted by atomic mass is 32.2. The number of hydrogen-bond donors (Lipinski definition) is 3. The highest BCUT2D eigenvalue weighted by Gasteiger charge is 2.42. The van der Waals surface area contributed by atoms with E-state index in [1.807, 2.05) is 20.8 Å². The van der Waals surface area contributed by atoms with Crippen LogP contribution in [0, 0.1) is 6.92 Å². The summed E-state index contributed by atoms with van der Waals surface area (Å²) in [5.41, 5.74) is 0.853. The number of aromatic nitrogens is 2. The van der Waals surface area contributed by atoms with Crippen LogP contribution in [0.25, 0.3) is 0 Å². The lowest BCUT2D eigenvalue weighted by molar-refractivity contribution is 0.549. The Hall–Kier alpha value is -0.920. The van der Waals surface area contributed by atoms with Crippen LogP contribution in [0.3, 0.4) is 0 Å². The molecular weight excluding hydrogens is 264 g/mol.